The molecule has 0 spiro atoms. The van der Waals surface area contributed by atoms with E-state index in [-0.39, 0.29) is 5.91 Å². The first-order chi connectivity index (χ1) is 8.70. The second-order valence-corrected chi connectivity index (χ2v) is 4.51. The van der Waals surface area contributed by atoms with Crippen LogP contribution in [0.1, 0.15) is 13.3 Å². The number of anilines is 1. The summed E-state index contributed by atoms with van der Waals surface area (Å²) in [6.07, 6.45) is 5.79. The van der Waals surface area contributed by atoms with Gasteiger partial charge in [0.15, 0.2) is 11.5 Å². The van der Waals surface area contributed by atoms with Gasteiger partial charge in [0.2, 0.25) is 5.91 Å². The molecule has 0 aromatic carbocycles. The van der Waals surface area contributed by atoms with Crippen LogP contribution in [-0.4, -0.2) is 33.4 Å². The molecule has 0 saturated carbocycles. The van der Waals surface area contributed by atoms with E-state index in [1.807, 2.05) is 23.7 Å². The molecule has 0 aliphatic rings. The van der Waals surface area contributed by atoms with Crippen LogP contribution in [0.15, 0.2) is 23.2 Å². The molecule has 0 fully saturated rings. The summed E-state index contributed by atoms with van der Waals surface area (Å²) >= 11 is 3.33. The van der Waals surface area contributed by atoms with E-state index >= 15 is 0 Å². The maximum Gasteiger partial charge on any atom is 0.221 e. The minimum atomic E-state index is 0.0272. The van der Waals surface area contributed by atoms with Gasteiger partial charge in [0.1, 0.15) is 4.60 Å². The number of aromatic nitrogens is 3. The molecule has 1 amide bonds. The van der Waals surface area contributed by atoms with E-state index in [0.717, 1.165) is 5.65 Å². The Morgan fingerprint density at radius 3 is 3.17 bits per heavy atom. The van der Waals surface area contributed by atoms with Gasteiger partial charge in [-0.2, -0.15) is 0 Å². The summed E-state index contributed by atoms with van der Waals surface area (Å²) in [5, 5.41) is 5.86. The first kappa shape index (κ1) is 12.8. The van der Waals surface area contributed by atoms with E-state index in [2.05, 4.69) is 36.5 Å². The molecule has 7 heteroatoms. The maximum absolute atomic E-state index is 11.3. The van der Waals surface area contributed by atoms with Crippen LogP contribution in [0, 0.1) is 0 Å². The lowest BCUT2D eigenvalue weighted by Crippen LogP contribution is -2.25. The minimum Gasteiger partial charge on any atom is -0.366 e. The van der Waals surface area contributed by atoms with Gasteiger partial charge in [-0.1, -0.05) is 0 Å². The normalized spacial score (nSPS) is 10.6. The lowest BCUT2D eigenvalue weighted by atomic mass is 10.4. The molecule has 18 heavy (non-hydrogen) atoms. The van der Waals surface area contributed by atoms with Crippen molar-refractivity contribution in [3.63, 3.8) is 0 Å². The third-order valence-corrected chi connectivity index (χ3v) is 2.75. The molecule has 2 rings (SSSR count). The predicted molar refractivity (Wildman–Crippen MR) is 72.5 cm³/mol. The maximum atomic E-state index is 11.3. The lowest BCUT2D eigenvalue weighted by Gasteiger charge is -2.07. The monoisotopic (exact) mass is 311 g/mol. The van der Waals surface area contributed by atoms with E-state index < -0.39 is 0 Å². The molecule has 0 bridgehead atoms. The number of nitrogens with one attached hydrogen (secondary N) is 2. The van der Waals surface area contributed by atoms with Crippen molar-refractivity contribution in [1.82, 2.24) is 19.7 Å². The fraction of sp³-hybridized carbons (Fsp3) is 0.364. The summed E-state index contributed by atoms with van der Waals surface area (Å²) in [6, 6.07) is 0. The number of imidazole rings is 1. The molecule has 0 unspecified atom stereocenters. The third-order valence-electron chi connectivity index (χ3n) is 2.36. The van der Waals surface area contributed by atoms with Crippen LogP contribution in [0.2, 0.25) is 0 Å². The molecule has 0 radical (unpaired) electrons. The average molecular weight is 312 g/mol. The number of rotatable bonds is 5. The quantitative estimate of drug-likeness (QED) is 0.876. The van der Waals surface area contributed by atoms with E-state index in [0.29, 0.717) is 29.9 Å². The van der Waals surface area contributed by atoms with Crippen LogP contribution in [-0.2, 0) is 4.79 Å². The summed E-state index contributed by atoms with van der Waals surface area (Å²) in [5.41, 5.74) is 0.745. The molecule has 2 aromatic heterocycles. The molecule has 2 heterocycles. The summed E-state index contributed by atoms with van der Waals surface area (Å²) in [6.45, 7) is 3.07. The van der Waals surface area contributed by atoms with Gasteiger partial charge in [0, 0.05) is 38.1 Å². The van der Waals surface area contributed by atoms with Gasteiger partial charge in [-0.3, -0.25) is 4.79 Å². The van der Waals surface area contributed by atoms with E-state index in [1.54, 1.807) is 6.20 Å². The number of fused-ring (bicyclic) bond motifs is 1. The van der Waals surface area contributed by atoms with Crippen LogP contribution in [0.4, 0.5) is 5.82 Å². The lowest BCUT2D eigenvalue weighted by molar-refractivity contribution is -0.120. The zero-order valence-corrected chi connectivity index (χ0v) is 11.6. The molecular weight excluding hydrogens is 298 g/mol. The zero-order valence-electron chi connectivity index (χ0n) is 9.98. The fourth-order valence-electron chi connectivity index (χ4n) is 1.60. The number of amides is 1. The van der Waals surface area contributed by atoms with Crippen molar-refractivity contribution in [2.45, 2.75) is 13.3 Å². The van der Waals surface area contributed by atoms with Gasteiger partial charge < -0.3 is 15.0 Å². The van der Waals surface area contributed by atoms with Gasteiger partial charge in [-0.25, -0.2) is 9.97 Å². The van der Waals surface area contributed by atoms with E-state index in [9.17, 15) is 4.79 Å². The van der Waals surface area contributed by atoms with Crippen LogP contribution in [0.3, 0.4) is 0 Å². The first-order valence-corrected chi connectivity index (χ1v) is 6.49. The molecule has 0 aliphatic heterocycles. The van der Waals surface area contributed by atoms with Crippen LogP contribution >= 0.6 is 15.9 Å². The highest BCUT2D eigenvalue weighted by atomic mass is 79.9. The Hall–Kier alpha value is -1.63. The standard InChI is InChI=1S/C11H14BrN5O/c1-2-13-9(18)3-4-14-10-11-15-5-6-17(11)7-8(12)16-10/h5-7H,2-4H2,1H3,(H,13,18)(H,14,16). The van der Waals surface area contributed by atoms with Crippen LogP contribution in [0.25, 0.3) is 5.65 Å². The number of carbonyl (C=O) groups excluding carboxylic acids is 1. The SMILES string of the molecule is CCNC(=O)CCNc1nc(Br)cn2ccnc12. The fourth-order valence-corrected chi connectivity index (χ4v) is 2.00. The van der Waals surface area contributed by atoms with Gasteiger partial charge in [0.25, 0.3) is 0 Å². The Bertz CT molecular complexity index is 553. The molecule has 0 aliphatic carbocycles. The molecule has 2 N–H and O–H groups in total. The zero-order chi connectivity index (χ0) is 13.0. The largest absolute Gasteiger partial charge is 0.366 e. The molecule has 0 saturated heterocycles. The Morgan fingerprint density at radius 2 is 2.39 bits per heavy atom. The third kappa shape index (κ3) is 2.98. The van der Waals surface area contributed by atoms with Crippen LogP contribution < -0.4 is 10.6 Å². The van der Waals surface area contributed by atoms with Crippen molar-refractivity contribution in [3.8, 4) is 0 Å². The molecule has 96 valence electrons. The number of hydrogen-bond acceptors (Lipinski definition) is 4. The number of nitrogens with zero attached hydrogens (tertiary/aromatic N) is 3. The summed E-state index contributed by atoms with van der Waals surface area (Å²) in [5.74, 6) is 0.693. The molecule has 0 atom stereocenters. The van der Waals surface area contributed by atoms with Gasteiger partial charge in [-0.15, -0.1) is 0 Å². The Balaban J connectivity index is 2.03. The first-order valence-electron chi connectivity index (χ1n) is 5.70. The Labute approximate surface area is 113 Å². The Morgan fingerprint density at radius 1 is 1.56 bits per heavy atom. The average Bonchev–Trinajstić information content (AvgIpc) is 2.77. The number of hydrogen-bond donors (Lipinski definition) is 2. The molecule has 2 aromatic rings. The predicted octanol–water partition coefficient (Wildman–Crippen LogP) is 1.43. The topological polar surface area (TPSA) is 71.3 Å². The number of carbonyl (C=O) groups is 1. The van der Waals surface area contributed by atoms with E-state index in [1.165, 1.54) is 0 Å². The second-order valence-electron chi connectivity index (χ2n) is 3.70. The van der Waals surface area contributed by atoms with E-state index in [4.69, 9.17) is 0 Å². The van der Waals surface area contributed by atoms with Crippen LogP contribution in [0.5, 0.6) is 0 Å². The summed E-state index contributed by atoms with van der Waals surface area (Å²) in [7, 11) is 0. The minimum absolute atomic E-state index is 0.0272. The van der Waals surface area contributed by atoms with Crippen molar-refractivity contribution in [2.24, 2.45) is 0 Å². The molecular formula is C11H14BrN5O. The summed E-state index contributed by atoms with van der Waals surface area (Å²) in [4.78, 5) is 19.8. The van der Waals surface area contributed by atoms with Gasteiger partial charge in [0.05, 0.1) is 0 Å². The second kappa shape index (κ2) is 5.81. The van der Waals surface area contributed by atoms with Crippen molar-refractivity contribution in [2.75, 3.05) is 18.4 Å². The van der Waals surface area contributed by atoms with Crippen molar-refractivity contribution in [1.29, 1.82) is 0 Å². The number of halogens is 1. The highest BCUT2D eigenvalue weighted by Gasteiger charge is 2.06. The van der Waals surface area contributed by atoms with Crippen molar-refractivity contribution >= 4 is 33.3 Å². The molecule has 6 nitrogen and oxygen atoms in total. The smallest absolute Gasteiger partial charge is 0.221 e. The van der Waals surface area contributed by atoms with Gasteiger partial charge in [-0.05, 0) is 22.9 Å². The van der Waals surface area contributed by atoms with Crippen molar-refractivity contribution < 1.29 is 4.79 Å². The Kier molecular flexibility index (Phi) is 4.14. The van der Waals surface area contributed by atoms with Crippen molar-refractivity contribution in [3.05, 3.63) is 23.2 Å². The highest BCUT2D eigenvalue weighted by Crippen LogP contribution is 2.16. The van der Waals surface area contributed by atoms with Gasteiger partial charge >= 0.3 is 0 Å². The highest BCUT2D eigenvalue weighted by molar-refractivity contribution is 9.10. The summed E-state index contributed by atoms with van der Waals surface area (Å²) < 4.78 is 2.58.